The van der Waals surface area contributed by atoms with Gasteiger partial charge >= 0.3 is 5.97 Å². The first-order valence-corrected chi connectivity index (χ1v) is 6.09. The van der Waals surface area contributed by atoms with E-state index in [0.717, 1.165) is 6.42 Å². The summed E-state index contributed by atoms with van der Waals surface area (Å²) in [6.45, 7) is 4.16. The van der Waals surface area contributed by atoms with E-state index in [0.29, 0.717) is 12.5 Å². The minimum absolute atomic E-state index is 0.219. The second kappa shape index (κ2) is 7.07. The van der Waals surface area contributed by atoms with Crippen molar-refractivity contribution in [1.82, 2.24) is 5.32 Å². The Kier molecular flexibility index (Phi) is 5.70. The van der Waals surface area contributed by atoms with Gasteiger partial charge in [-0.05, 0) is 18.4 Å². The Bertz CT molecular complexity index is 335. The lowest BCUT2D eigenvalue weighted by atomic mass is 10.0. The van der Waals surface area contributed by atoms with Crippen molar-refractivity contribution in [2.75, 3.05) is 0 Å². The van der Waals surface area contributed by atoms with E-state index in [1.54, 1.807) is 0 Å². The first-order chi connectivity index (χ1) is 8.08. The number of carboxylic acid groups (broad SMARTS) is 1. The molecule has 0 spiro atoms. The molecule has 0 aromatic heterocycles. The summed E-state index contributed by atoms with van der Waals surface area (Å²) >= 11 is 0. The Labute approximate surface area is 103 Å². The standard InChI is InChI=1S/C14H21NO2/c1-11(2)15-13(8-9-14(16)17)10-12-6-4-3-5-7-12/h3-7,11,13,15H,8-10H2,1-2H3,(H,16,17)/t13-/m1/s1. The maximum Gasteiger partial charge on any atom is 0.303 e. The average Bonchev–Trinajstić information content (AvgIpc) is 2.26. The zero-order valence-electron chi connectivity index (χ0n) is 10.5. The van der Waals surface area contributed by atoms with Crippen LogP contribution in [0.2, 0.25) is 0 Å². The number of hydrogen-bond acceptors (Lipinski definition) is 2. The Balaban J connectivity index is 2.53. The van der Waals surface area contributed by atoms with Crippen LogP contribution in [0.4, 0.5) is 0 Å². The first-order valence-electron chi connectivity index (χ1n) is 6.09. The molecular formula is C14H21NO2. The van der Waals surface area contributed by atoms with Crippen LogP contribution in [0.5, 0.6) is 0 Å². The Hall–Kier alpha value is -1.35. The van der Waals surface area contributed by atoms with Crippen LogP contribution in [0.1, 0.15) is 32.3 Å². The Morgan fingerprint density at radius 2 is 1.94 bits per heavy atom. The highest BCUT2D eigenvalue weighted by atomic mass is 16.4. The molecule has 0 unspecified atom stereocenters. The number of nitrogens with one attached hydrogen (secondary N) is 1. The van der Waals surface area contributed by atoms with Crippen LogP contribution < -0.4 is 5.32 Å². The number of hydrogen-bond donors (Lipinski definition) is 2. The van der Waals surface area contributed by atoms with Gasteiger partial charge in [0.05, 0.1) is 0 Å². The van der Waals surface area contributed by atoms with E-state index in [1.165, 1.54) is 5.56 Å². The third-order valence-electron chi connectivity index (χ3n) is 2.60. The van der Waals surface area contributed by atoms with Gasteiger partial charge in [0.25, 0.3) is 0 Å². The van der Waals surface area contributed by atoms with E-state index in [-0.39, 0.29) is 12.5 Å². The van der Waals surface area contributed by atoms with Crippen molar-refractivity contribution in [3.63, 3.8) is 0 Å². The minimum atomic E-state index is -0.728. The highest BCUT2D eigenvalue weighted by Crippen LogP contribution is 2.08. The van der Waals surface area contributed by atoms with Crippen molar-refractivity contribution >= 4 is 5.97 Å². The van der Waals surface area contributed by atoms with Gasteiger partial charge in [-0.15, -0.1) is 0 Å². The zero-order valence-corrected chi connectivity index (χ0v) is 10.5. The number of benzene rings is 1. The molecule has 2 N–H and O–H groups in total. The fourth-order valence-corrected chi connectivity index (χ4v) is 1.91. The Morgan fingerprint density at radius 3 is 2.47 bits per heavy atom. The molecule has 0 radical (unpaired) electrons. The van der Waals surface area contributed by atoms with Crippen LogP contribution in [-0.4, -0.2) is 23.2 Å². The van der Waals surface area contributed by atoms with Gasteiger partial charge in [0.1, 0.15) is 0 Å². The monoisotopic (exact) mass is 235 g/mol. The maximum absolute atomic E-state index is 10.6. The first kappa shape index (κ1) is 13.7. The molecule has 0 fully saturated rings. The molecular weight excluding hydrogens is 214 g/mol. The fourth-order valence-electron chi connectivity index (χ4n) is 1.91. The molecule has 1 aromatic rings. The second-order valence-electron chi connectivity index (χ2n) is 4.64. The number of carbonyl (C=O) groups is 1. The van der Waals surface area contributed by atoms with Gasteiger partial charge in [-0.25, -0.2) is 0 Å². The molecule has 0 aliphatic carbocycles. The molecule has 1 rings (SSSR count). The smallest absolute Gasteiger partial charge is 0.303 e. The number of rotatable bonds is 7. The van der Waals surface area contributed by atoms with Gasteiger partial charge in [0, 0.05) is 18.5 Å². The summed E-state index contributed by atoms with van der Waals surface area (Å²) in [5.74, 6) is -0.728. The molecule has 0 bridgehead atoms. The third kappa shape index (κ3) is 6.07. The molecule has 1 aromatic carbocycles. The van der Waals surface area contributed by atoms with Crippen LogP contribution in [0.25, 0.3) is 0 Å². The molecule has 0 heterocycles. The van der Waals surface area contributed by atoms with Crippen molar-refractivity contribution in [2.24, 2.45) is 0 Å². The third-order valence-corrected chi connectivity index (χ3v) is 2.60. The van der Waals surface area contributed by atoms with E-state index in [4.69, 9.17) is 5.11 Å². The van der Waals surface area contributed by atoms with Gasteiger partial charge in [-0.2, -0.15) is 0 Å². The summed E-state index contributed by atoms with van der Waals surface area (Å²) in [7, 11) is 0. The van der Waals surface area contributed by atoms with Gasteiger partial charge in [-0.3, -0.25) is 4.79 Å². The zero-order chi connectivity index (χ0) is 12.7. The molecule has 0 amide bonds. The van der Waals surface area contributed by atoms with Crippen molar-refractivity contribution in [3.05, 3.63) is 35.9 Å². The molecule has 0 aliphatic rings. The predicted molar refractivity (Wildman–Crippen MR) is 69.1 cm³/mol. The van der Waals surface area contributed by atoms with Crippen molar-refractivity contribution in [3.8, 4) is 0 Å². The second-order valence-corrected chi connectivity index (χ2v) is 4.64. The van der Waals surface area contributed by atoms with E-state index in [9.17, 15) is 4.79 Å². The van der Waals surface area contributed by atoms with Crippen LogP contribution in [0.15, 0.2) is 30.3 Å². The summed E-state index contributed by atoms with van der Waals surface area (Å²) in [5.41, 5.74) is 1.25. The number of aliphatic carboxylic acids is 1. The quantitative estimate of drug-likeness (QED) is 0.763. The van der Waals surface area contributed by atoms with Gasteiger partial charge in [0.15, 0.2) is 0 Å². The topological polar surface area (TPSA) is 49.3 Å². The van der Waals surface area contributed by atoms with Gasteiger partial charge in [0.2, 0.25) is 0 Å². The van der Waals surface area contributed by atoms with Crippen molar-refractivity contribution in [2.45, 2.75) is 45.2 Å². The lowest BCUT2D eigenvalue weighted by Gasteiger charge is -2.20. The molecule has 17 heavy (non-hydrogen) atoms. The van der Waals surface area contributed by atoms with Crippen LogP contribution >= 0.6 is 0 Å². The largest absolute Gasteiger partial charge is 0.481 e. The fraction of sp³-hybridized carbons (Fsp3) is 0.500. The van der Waals surface area contributed by atoms with E-state index >= 15 is 0 Å². The summed E-state index contributed by atoms with van der Waals surface area (Å²) in [6, 6.07) is 10.8. The van der Waals surface area contributed by atoms with Crippen molar-refractivity contribution < 1.29 is 9.90 Å². The van der Waals surface area contributed by atoms with Crippen molar-refractivity contribution in [1.29, 1.82) is 0 Å². The minimum Gasteiger partial charge on any atom is -0.481 e. The van der Waals surface area contributed by atoms with E-state index in [2.05, 4.69) is 31.3 Å². The summed E-state index contributed by atoms with van der Waals surface area (Å²) < 4.78 is 0. The molecule has 3 nitrogen and oxygen atoms in total. The Morgan fingerprint density at radius 1 is 1.29 bits per heavy atom. The lowest BCUT2D eigenvalue weighted by Crippen LogP contribution is -2.36. The highest BCUT2D eigenvalue weighted by Gasteiger charge is 2.12. The van der Waals surface area contributed by atoms with E-state index < -0.39 is 5.97 Å². The molecule has 0 aliphatic heterocycles. The normalized spacial score (nSPS) is 12.6. The number of carboxylic acids is 1. The SMILES string of the molecule is CC(C)N[C@H](CCC(=O)O)Cc1ccccc1. The predicted octanol–water partition coefficient (Wildman–Crippen LogP) is 2.46. The molecule has 1 atom stereocenters. The molecule has 94 valence electrons. The van der Waals surface area contributed by atoms with Crippen LogP contribution in [-0.2, 0) is 11.2 Å². The van der Waals surface area contributed by atoms with E-state index in [1.807, 2.05) is 18.2 Å². The maximum atomic E-state index is 10.6. The molecule has 0 saturated heterocycles. The van der Waals surface area contributed by atoms with Gasteiger partial charge < -0.3 is 10.4 Å². The summed E-state index contributed by atoms with van der Waals surface area (Å²) in [6.07, 6.45) is 1.77. The average molecular weight is 235 g/mol. The van der Waals surface area contributed by atoms with Crippen LogP contribution in [0, 0.1) is 0 Å². The summed E-state index contributed by atoms with van der Waals surface area (Å²) in [4.78, 5) is 10.6. The molecule has 0 saturated carbocycles. The van der Waals surface area contributed by atoms with Crippen LogP contribution in [0.3, 0.4) is 0 Å². The summed E-state index contributed by atoms with van der Waals surface area (Å²) in [5, 5.41) is 12.2. The molecule has 3 heteroatoms. The lowest BCUT2D eigenvalue weighted by molar-refractivity contribution is -0.137. The van der Waals surface area contributed by atoms with Gasteiger partial charge in [-0.1, -0.05) is 44.2 Å². The highest BCUT2D eigenvalue weighted by molar-refractivity contribution is 5.66.